The van der Waals surface area contributed by atoms with Crippen molar-refractivity contribution in [2.45, 2.75) is 20.8 Å². The molecule has 0 saturated carbocycles. The van der Waals surface area contributed by atoms with Gasteiger partial charge in [0.05, 0.1) is 0 Å². The molecule has 0 fully saturated rings. The zero-order chi connectivity index (χ0) is 14.5. The molecule has 9 heteroatoms. The highest BCUT2D eigenvalue weighted by molar-refractivity contribution is 5.39. The van der Waals surface area contributed by atoms with Crippen molar-refractivity contribution in [2.75, 3.05) is 23.4 Å². The van der Waals surface area contributed by atoms with Gasteiger partial charge in [-0.05, 0) is 12.8 Å². The molecule has 3 N–H and O–H groups in total. The van der Waals surface area contributed by atoms with Crippen LogP contribution in [0, 0.1) is 5.92 Å². The van der Waals surface area contributed by atoms with E-state index in [1.165, 1.54) is 17.3 Å². The third-order valence-electron chi connectivity index (χ3n) is 2.61. The molecule has 20 heavy (non-hydrogen) atoms. The lowest BCUT2D eigenvalue weighted by atomic mass is 10.2. The zero-order valence-electron chi connectivity index (χ0n) is 11.9. The Hall–Kier alpha value is -2.29. The Bertz CT molecular complexity index is 537. The molecule has 2 heterocycles. The molecule has 0 aliphatic carbocycles. The highest BCUT2D eigenvalue weighted by Gasteiger charge is 2.14. The van der Waals surface area contributed by atoms with E-state index in [4.69, 9.17) is 5.84 Å². The van der Waals surface area contributed by atoms with Crippen LogP contribution in [0.5, 0.6) is 0 Å². The third-order valence-corrected chi connectivity index (χ3v) is 2.61. The first-order chi connectivity index (χ1) is 9.63. The SMILES string of the molecule is CCN(CC(C)C)c1nc(NN)nc(-n2cncn2)n1. The first-order valence-electron chi connectivity index (χ1n) is 6.46. The van der Waals surface area contributed by atoms with Crippen LogP contribution >= 0.6 is 0 Å². The molecule has 9 nitrogen and oxygen atoms in total. The van der Waals surface area contributed by atoms with Crippen LogP contribution in [0.15, 0.2) is 12.7 Å². The van der Waals surface area contributed by atoms with Gasteiger partial charge >= 0.3 is 0 Å². The number of hydrazine groups is 1. The van der Waals surface area contributed by atoms with Gasteiger partial charge in [0, 0.05) is 13.1 Å². The van der Waals surface area contributed by atoms with Crippen molar-refractivity contribution in [1.82, 2.24) is 29.7 Å². The number of anilines is 2. The van der Waals surface area contributed by atoms with E-state index >= 15 is 0 Å². The Morgan fingerprint density at radius 3 is 2.70 bits per heavy atom. The summed E-state index contributed by atoms with van der Waals surface area (Å²) in [5, 5.41) is 4.01. The van der Waals surface area contributed by atoms with Gasteiger partial charge in [-0.2, -0.15) is 24.7 Å². The maximum absolute atomic E-state index is 5.42. The predicted molar refractivity (Wildman–Crippen MR) is 75.3 cm³/mol. The summed E-state index contributed by atoms with van der Waals surface area (Å²) in [5.74, 6) is 7.15. The van der Waals surface area contributed by atoms with E-state index < -0.39 is 0 Å². The second-order valence-electron chi connectivity index (χ2n) is 4.68. The number of nitrogens with zero attached hydrogens (tertiary/aromatic N) is 7. The van der Waals surface area contributed by atoms with E-state index in [2.05, 4.69) is 56.1 Å². The summed E-state index contributed by atoms with van der Waals surface area (Å²) < 4.78 is 1.47. The average Bonchev–Trinajstić information content (AvgIpc) is 2.98. The van der Waals surface area contributed by atoms with Gasteiger partial charge in [0.1, 0.15) is 12.7 Å². The maximum Gasteiger partial charge on any atom is 0.258 e. The van der Waals surface area contributed by atoms with Crippen LogP contribution in [0.4, 0.5) is 11.9 Å². The van der Waals surface area contributed by atoms with Gasteiger partial charge in [-0.1, -0.05) is 13.8 Å². The molecule has 0 radical (unpaired) electrons. The average molecular weight is 277 g/mol. The number of nitrogens with two attached hydrogens (primary N) is 1. The van der Waals surface area contributed by atoms with Crippen LogP contribution in [0.2, 0.25) is 0 Å². The summed E-state index contributed by atoms with van der Waals surface area (Å²) in [5.41, 5.74) is 2.45. The molecule has 0 aliphatic rings. The first kappa shape index (κ1) is 14.1. The van der Waals surface area contributed by atoms with E-state index in [9.17, 15) is 0 Å². The van der Waals surface area contributed by atoms with Crippen molar-refractivity contribution in [3.8, 4) is 5.95 Å². The Labute approximate surface area is 117 Å². The minimum atomic E-state index is 0.294. The fourth-order valence-corrected chi connectivity index (χ4v) is 1.77. The molecular formula is C11H19N9. The van der Waals surface area contributed by atoms with Gasteiger partial charge in [0.15, 0.2) is 0 Å². The van der Waals surface area contributed by atoms with Crippen molar-refractivity contribution >= 4 is 11.9 Å². The molecule has 2 aromatic rings. The fourth-order valence-electron chi connectivity index (χ4n) is 1.77. The van der Waals surface area contributed by atoms with E-state index in [-0.39, 0.29) is 0 Å². The second kappa shape index (κ2) is 6.24. The molecule has 2 aromatic heterocycles. The summed E-state index contributed by atoms with van der Waals surface area (Å²) in [6.07, 6.45) is 2.95. The van der Waals surface area contributed by atoms with Gasteiger partial charge in [-0.25, -0.2) is 10.8 Å². The minimum absolute atomic E-state index is 0.294. The van der Waals surface area contributed by atoms with Crippen molar-refractivity contribution in [3.05, 3.63) is 12.7 Å². The molecule has 0 amide bonds. The van der Waals surface area contributed by atoms with Crippen LogP contribution in [0.3, 0.4) is 0 Å². The molecule has 0 saturated heterocycles. The molecule has 0 aromatic carbocycles. The fraction of sp³-hybridized carbons (Fsp3) is 0.545. The van der Waals surface area contributed by atoms with E-state index in [1.54, 1.807) is 0 Å². The van der Waals surface area contributed by atoms with Crippen molar-refractivity contribution in [3.63, 3.8) is 0 Å². The number of nitrogen functional groups attached to an aromatic ring is 1. The number of rotatable bonds is 6. The number of hydrogen-bond donors (Lipinski definition) is 2. The van der Waals surface area contributed by atoms with Crippen LogP contribution in [-0.4, -0.2) is 42.8 Å². The number of nitrogens with one attached hydrogen (secondary N) is 1. The normalized spacial score (nSPS) is 10.8. The highest BCUT2D eigenvalue weighted by Crippen LogP contribution is 2.13. The molecule has 0 bridgehead atoms. The minimum Gasteiger partial charge on any atom is -0.341 e. The monoisotopic (exact) mass is 277 g/mol. The molecule has 0 spiro atoms. The van der Waals surface area contributed by atoms with Crippen LogP contribution < -0.4 is 16.2 Å². The van der Waals surface area contributed by atoms with E-state index in [0.717, 1.165) is 13.1 Å². The van der Waals surface area contributed by atoms with Crippen molar-refractivity contribution in [1.29, 1.82) is 0 Å². The Balaban J connectivity index is 2.39. The summed E-state index contributed by atoms with van der Waals surface area (Å²) in [7, 11) is 0. The molecular weight excluding hydrogens is 258 g/mol. The molecule has 0 atom stereocenters. The van der Waals surface area contributed by atoms with Gasteiger partial charge in [-0.3, -0.25) is 5.43 Å². The zero-order valence-corrected chi connectivity index (χ0v) is 11.9. The van der Waals surface area contributed by atoms with Gasteiger partial charge < -0.3 is 4.90 Å². The Morgan fingerprint density at radius 1 is 1.35 bits per heavy atom. The number of aromatic nitrogens is 6. The lowest BCUT2D eigenvalue weighted by Gasteiger charge is -2.23. The van der Waals surface area contributed by atoms with Crippen molar-refractivity contribution in [2.24, 2.45) is 11.8 Å². The topological polar surface area (TPSA) is 111 Å². The van der Waals surface area contributed by atoms with Crippen LogP contribution in [0.25, 0.3) is 5.95 Å². The third kappa shape index (κ3) is 3.18. The lowest BCUT2D eigenvalue weighted by molar-refractivity contribution is 0.606. The summed E-state index contributed by atoms with van der Waals surface area (Å²) in [6, 6.07) is 0. The first-order valence-corrected chi connectivity index (χ1v) is 6.46. The van der Waals surface area contributed by atoms with Crippen molar-refractivity contribution < 1.29 is 0 Å². The summed E-state index contributed by atoms with van der Waals surface area (Å²) >= 11 is 0. The van der Waals surface area contributed by atoms with Gasteiger partial charge in [-0.15, -0.1) is 0 Å². The quantitative estimate of drug-likeness (QED) is 0.570. The Morgan fingerprint density at radius 2 is 2.15 bits per heavy atom. The standard InChI is InChI=1S/C11H19N9/c1-4-19(5-8(2)3)10-15-9(18-12)16-11(17-10)20-7-13-6-14-20/h6-8H,4-5,12H2,1-3H3,(H,15,16,17,18). The molecule has 2 rings (SSSR count). The van der Waals surface area contributed by atoms with Crippen LogP contribution in [-0.2, 0) is 0 Å². The Kier molecular flexibility index (Phi) is 4.41. The largest absolute Gasteiger partial charge is 0.341 e. The highest BCUT2D eigenvalue weighted by atomic mass is 15.4. The van der Waals surface area contributed by atoms with Gasteiger partial charge in [0.25, 0.3) is 5.95 Å². The summed E-state index contributed by atoms with van der Waals surface area (Å²) in [4.78, 5) is 18.8. The lowest BCUT2D eigenvalue weighted by Crippen LogP contribution is -2.30. The van der Waals surface area contributed by atoms with E-state index in [0.29, 0.717) is 23.8 Å². The maximum atomic E-state index is 5.42. The smallest absolute Gasteiger partial charge is 0.258 e. The molecule has 108 valence electrons. The van der Waals surface area contributed by atoms with Crippen LogP contribution in [0.1, 0.15) is 20.8 Å². The molecule has 0 unspecified atom stereocenters. The van der Waals surface area contributed by atoms with E-state index in [1.807, 2.05) is 0 Å². The predicted octanol–water partition coefficient (Wildman–Crippen LogP) is 0.220. The number of hydrogen-bond acceptors (Lipinski definition) is 8. The summed E-state index contributed by atoms with van der Waals surface area (Å²) in [6.45, 7) is 7.98. The molecule has 0 aliphatic heterocycles. The second-order valence-corrected chi connectivity index (χ2v) is 4.68. The van der Waals surface area contributed by atoms with Gasteiger partial charge in [0.2, 0.25) is 11.9 Å².